The highest BCUT2D eigenvalue weighted by Crippen LogP contribution is 2.35. The van der Waals surface area contributed by atoms with Crippen LogP contribution in [0.2, 0.25) is 0 Å². The Morgan fingerprint density at radius 2 is 1.90 bits per heavy atom. The van der Waals surface area contributed by atoms with Crippen molar-refractivity contribution >= 4 is 60.5 Å². The van der Waals surface area contributed by atoms with Crippen LogP contribution in [0, 0.1) is 0 Å². The van der Waals surface area contributed by atoms with E-state index < -0.39 is 17.6 Å². The van der Waals surface area contributed by atoms with Crippen LogP contribution in [0.1, 0.15) is 15.2 Å². The summed E-state index contributed by atoms with van der Waals surface area (Å²) in [4.78, 5) is 12.4. The summed E-state index contributed by atoms with van der Waals surface area (Å²) in [6.45, 7) is 0. The quantitative estimate of drug-likeness (QED) is 0.632. The van der Waals surface area contributed by atoms with Crippen molar-refractivity contribution in [2.24, 2.45) is 0 Å². The zero-order valence-electron chi connectivity index (χ0n) is 10.1. The highest BCUT2D eigenvalue weighted by molar-refractivity contribution is 9.13. The Bertz CT molecular complexity index is 681. The lowest BCUT2D eigenvalue weighted by molar-refractivity contribution is -0.137. The van der Waals surface area contributed by atoms with Crippen LogP contribution in [0.5, 0.6) is 0 Å². The first kappa shape index (κ1) is 16.3. The summed E-state index contributed by atoms with van der Waals surface area (Å²) in [6, 6.07) is 4.39. The van der Waals surface area contributed by atoms with Crippen molar-refractivity contribution in [3.8, 4) is 0 Å². The first-order valence-corrected chi connectivity index (χ1v) is 7.81. The van der Waals surface area contributed by atoms with Gasteiger partial charge in [-0.15, -0.1) is 11.3 Å². The number of nitrogens with two attached hydrogens (primary N) is 1. The van der Waals surface area contributed by atoms with E-state index in [0.29, 0.717) is 4.88 Å². The predicted molar refractivity (Wildman–Crippen MR) is 83.5 cm³/mol. The van der Waals surface area contributed by atoms with E-state index in [1.54, 1.807) is 6.07 Å². The molecular weight excluding hydrogens is 437 g/mol. The van der Waals surface area contributed by atoms with Crippen LogP contribution in [-0.2, 0) is 6.18 Å². The van der Waals surface area contributed by atoms with Gasteiger partial charge in [-0.1, -0.05) is 0 Å². The van der Waals surface area contributed by atoms with Gasteiger partial charge in [0, 0.05) is 4.47 Å². The van der Waals surface area contributed by atoms with Crippen molar-refractivity contribution in [2.45, 2.75) is 6.18 Å². The maximum Gasteiger partial charge on any atom is 0.416 e. The van der Waals surface area contributed by atoms with E-state index in [1.165, 1.54) is 11.3 Å². The third-order valence-electron chi connectivity index (χ3n) is 2.50. The first-order chi connectivity index (χ1) is 9.68. The van der Waals surface area contributed by atoms with Crippen molar-refractivity contribution in [1.29, 1.82) is 0 Å². The third-order valence-corrected chi connectivity index (χ3v) is 5.75. The highest BCUT2D eigenvalue weighted by Gasteiger charge is 2.30. The third kappa shape index (κ3) is 3.78. The number of nitrogen functional groups attached to an aromatic ring is 1. The van der Waals surface area contributed by atoms with Gasteiger partial charge in [0.1, 0.15) is 0 Å². The van der Waals surface area contributed by atoms with Crippen molar-refractivity contribution in [2.75, 3.05) is 11.1 Å². The van der Waals surface area contributed by atoms with Gasteiger partial charge in [0.05, 0.1) is 25.6 Å². The number of rotatable bonds is 2. The van der Waals surface area contributed by atoms with Crippen LogP contribution in [0.3, 0.4) is 0 Å². The second-order valence-electron chi connectivity index (χ2n) is 3.99. The molecule has 0 aliphatic rings. The fraction of sp³-hybridized carbons (Fsp3) is 0.0833. The van der Waals surface area contributed by atoms with Crippen LogP contribution in [-0.4, -0.2) is 5.91 Å². The fourth-order valence-corrected chi connectivity index (χ4v) is 3.43. The number of anilines is 2. The number of amides is 1. The number of halogens is 5. The zero-order valence-corrected chi connectivity index (χ0v) is 14.1. The fourth-order valence-electron chi connectivity index (χ4n) is 1.50. The number of thiophene rings is 1. The lowest BCUT2D eigenvalue weighted by atomic mass is 10.1. The van der Waals surface area contributed by atoms with E-state index in [2.05, 4.69) is 37.2 Å². The summed E-state index contributed by atoms with van der Waals surface area (Å²) >= 11 is 7.70. The molecule has 1 aromatic carbocycles. The lowest BCUT2D eigenvalue weighted by Gasteiger charge is -2.11. The maximum absolute atomic E-state index is 12.5. The Hall–Kier alpha value is -1.06. The monoisotopic (exact) mass is 442 g/mol. The Balaban J connectivity index is 2.22. The number of hydrogen-bond acceptors (Lipinski definition) is 3. The second kappa shape index (κ2) is 5.98. The molecule has 1 aromatic heterocycles. The lowest BCUT2D eigenvalue weighted by Crippen LogP contribution is -2.13. The number of hydrogen-bond donors (Lipinski definition) is 2. The number of benzene rings is 1. The molecule has 0 aliphatic heterocycles. The molecule has 0 fully saturated rings. The van der Waals surface area contributed by atoms with Gasteiger partial charge in [-0.2, -0.15) is 13.2 Å². The number of carbonyl (C=O) groups is 1. The van der Waals surface area contributed by atoms with Gasteiger partial charge in [-0.3, -0.25) is 4.79 Å². The highest BCUT2D eigenvalue weighted by atomic mass is 79.9. The molecule has 1 heterocycles. The maximum atomic E-state index is 12.5. The molecule has 0 spiro atoms. The van der Waals surface area contributed by atoms with Crippen LogP contribution >= 0.6 is 43.2 Å². The summed E-state index contributed by atoms with van der Waals surface area (Å²) in [7, 11) is 0. The normalized spacial score (nSPS) is 11.5. The van der Waals surface area contributed by atoms with Gasteiger partial charge in [-0.05, 0) is 56.1 Å². The molecule has 0 atom stereocenters. The van der Waals surface area contributed by atoms with Gasteiger partial charge < -0.3 is 11.1 Å². The van der Waals surface area contributed by atoms with E-state index in [9.17, 15) is 18.0 Å². The minimum Gasteiger partial charge on any atom is -0.397 e. The zero-order chi connectivity index (χ0) is 15.8. The van der Waals surface area contributed by atoms with Gasteiger partial charge in [0.15, 0.2) is 0 Å². The minimum atomic E-state index is -4.47. The van der Waals surface area contributed by atoms with Crippen LogP contribution in [0.4, 0.5) is 24.5 Å². The van der Waals surface area contributed by atoms with Crippen molar-refractivity contribution in [1.82, 2.24) is 0 Å². The SMILES string of the molecule is Nc1cc(C(F)(F)F)ccc1NC(=O)c1cc(Br)c(Br)s1. The topological polar surface area (TPSA) is 55.1 Å². The molecule has 9 heteroatoms. The predicted octanol–water partition coefficient (Wildman–Crippen LogP) is 5.13. The van der Waals surface area contributed by atoms with E-state index >= 15 is 0 Å². The van der Waals surface area contributed by atoms with Crippen molar-refractivity contribution in [3.63, 3.8) is 0 Å². The molecule has 3 N–H and O–H groups in total. The summed E-state index contributed by atoms with van der Waals surface area (Å²) < 4.78 is 39.0. The molecule has 2 aromatic rings. The van der Waals surface area contributed by atoms with Gasteiger partial charge in [-0.25, -0.2) is 0 Å². The van der Waals surface area contributed by atoms with Crippen LogP contribution in [0.25, 0.3) is 0 Å². The van der Waals surface area contributed by atoms with E-state index in [-0.39, 0.29) is 11.4 Å². The summed E-state index contributed by atoms with van der Waals surface area (Å²) in [5.41, 5.74) is 4.68. The average molecular weight is 444 g/mol. The molecule has 2 rings (SSSR count). The molecule has 0 unspecified atom stereocenters. The van der Waals surface area contributed by atoms with E-state index in [4.69, 9.17) is 5.73 Å². The van der Waals surface area contributed by atoms with E-state index in [1.807, 2.05) is 0 Å². The molecule has 3 nitrogen and oxygen atoms in total. The van der Waals surface area contributed by atoms with Crippen LogP contribution < -0.4 is 11.1 Å². The molecule has 0 saturated carbocycles. The molecule has 21 heavy (non-hydrogen) atoms. The van der Waals surface area contributed by atoms with Crippen LogP contribution in [0.15, 0.2) is 32.5 Å². The van der Waals surface area contributed by atoms with E-state index in [0.717, 1.165) is 26.5 Å². The molecule has 112 valence electrons. The first-order valence-electron chi connectivity index (χ1n) is 5.41. The number of carbonyl (C=O) groups excluding carboxylic acids is 1. The minimum absolute atomic E-state index is 0.133. The van der Waals surface area contributed by atoms with Gasteiger partial charge in [0.2, 0.25) is 0 Å². The molecular formula is C12H7Br2F3N2OS. The summed E-state index contributed by atoms with van der Waals surface area (Å²) in [5.74, 6) is -0.446. The van der Waals surface area contributed by atoms with Crippen molar-refractivity contribution in [3.05, 3.63) is 43.0 Å². The molecule has 0 radical (unpaired) electrons. The summed E-state index contributed by atoms with van der Waals surface area (Å²) in [5, 5.41) is 2.48. The van der Waals surface area contributed by atoms with Gasteiger partial charge >= 0.3 is 6.18 Å². The van der Waals surface area contributed by atoms with Gasteiger partial charge in [0.25, 0.3) is 5.91 Å². The number of nitrogens with one attached hydrogen (secondary N) is 1. The number of alkyl halides is 3. The Kier molecular flexibility index (Phi) is 4.64. The Labute approximate surface area is 138 Å². The second-order valence-corrected chi connectivity index (χ2v) is 7.21. The average Bonchev–Trinajstić information content (AvgIpc) is 2.71. The molecule has 0 saturated heterocycles. The smallest absolute Gasteiger partial charge is 0.397 e. The van der Waals surface area contributed by atoms with Crippen molar-refractivity contribution < 1.29 is 18.0 Å². The molecule has 0 aliphatic carbocycles. The Morgan fingerprint density at radius 1 is 1.24 bits per heavy atom. The molecule has 1 amide bonds. The standard InChI is InChI=1S/C12H7Br2F3N2OS/c13-6-4-9(21-10(6)14)11(20)19-8-2-1-5(3-7(8)18)12(15,16)17/h1-4H,18H2,(H,19,20). The largest absolute Gasteiger partial charge is 0.416 e. The summed E-state index contributed by atoms with van der Waals surface area (Å²) in [6.07, 6.45) is -4.47. The Morgan fingerprint density at radius 3 is 2.38 bits per heavy atom. The molecule has 0 bridgehead atoms.